The lowest BCUT2D eigenvalue weighted by molar-refractivity contribution is 0.651. The van der Waals surface area contributed by atoms with Crippen LogP contribution in [0, 0.1) is 0 Å². The zero-order valence-corrected chi connectivity index (χ0v) is 10.8. The molecular weight excluding hydrogens is 236 g/mol. The molecule has 0 saturated heterocycles. The van der Waals surface area contributed by atoms with Gasteiger partial charge in [0.05, 0.1) is 22.7 Å². The molecule has 0 unspecified atom stereocenters. The van der Waals surface area contributed by atoms with E-state index in [1.54, 1.807) is 23.1 Å². The second kappa shape index (κ2) is 4.37. The maximum absolute atomic E-state index is 11.7. The smallest absolute Gasteiger partial charge is 0.144 e. The number of aromatic nitrogens is 3. The van der Waals surface area contributed by atoms with Crippen LogP contribution in [-0.4, -0.2) is 29.8 Å². The van der Waals surface area contributed by atoms with Crippen molar-refractivity contribution in [3.63, 3.8) is 0 Å². The molecule has 5 nitrogen and oxygen atoms in total. The molecule has 2 aromatic heterocycles. The number of nitrogens with zero attached hydrogens (tertiary/aromatic N) is 4. The Morgan fingerprint density at radius 2 is 2.24 bits per heavy atom. The molecule has 0 bridgehead atoms. The van der Waals surface area contributed by atoms with Gasteiger partial charge in [-0.3, -0.25) is 4.98 Å². The molecule has 0 saturated carbocycles. The first-order valence-electron chi connectivity index (χ1n) is 5.22. The van der Waals surface area contributed by atoms with E-state index in [0.29, 0.717) is 5.69 Å². The molecule has 0 fully saturated rings. The second-order valence-corrected chi connectivity index (χ2v) is 6.54. The molecule has 0 aliphatic rings. The van der Waals surface area contributed by atoms with E-state index in [4.69, 9.17) is 0 Å². The van der Waals surface area contributed by atoms with Gasteiger partial charge in [-0.25, -0.2) is 8.72 Å². The third-order valence-electron chi connectivity index (χ3n) is 2.09. The Hall–Kier alpha value is -1.56. The predicted molar refractivity (Wildman–Crippen MR) is 68.5 cm³/mol. The van der Waals surface area contributed by atoms with Gasteiger partial charge in [0.25, 0.3) is 0 Å². The monoisotopic (exact) mass is 250 g/mol. The van der Waals surface area contributed by atoms with Crippen LogP contribution in [0.25, 0.3) is 5.52 Å². The van der Waals surface area contributed by atoms with E-state index in [1.807, 2.05) is 26.8 Å². The molecule has 0 aliphatic carbocycles. The van der Waals surface area contributed by atoms with Gasteiger partial charge in [0.15, 0.2) is 0 Å². The fraction of sp³-hybridized carbons (Fsp3) is 0.364. The molecule has 0 N–H and O–H groups in total. The Morgan fingerprint density at radius 3 is 2.88 bits per heavy atom. The highest BCUT2D eigenvalue weighted by Crippen LogP contribution is 2.12. The molecule has 2 heterocycles. The van der Waals surface area contributed by atoms with Crippen LogP contribution in [0.3, 0.4) is 0 Å². The van der Waals surface area contributed by atoms with E-state index in [2.05, 4.69) is 14.5 Å². The minimum atomic E-state index is -1.25. The zero-order valence-electron chi connectivity index (χ0n) is 9.99. The first-order valence-corrected chi connectivity index (χ1v) is 6.33. The first kappa shape index (κ1) is 11.9. The van der Waals surface area contributed by atoms with Crippen molar-refractivity contribution >= 4 is 22.7 Å². The summed E-state index contributed by atoms with van der Waals surface area (Å²) in [6.45, 7) is 5.65. The van der Waals surface area contributed by atoms with Crippen molar-refractivity contribution in [1.29, 1.82) is 0 Å². The standard InChI is InChI=1S/C11H14N4OS/c1-11(2,3)17(16)13-7-9-6-10-8-12-4-5-15(10)14-9/h4-8H,1-3H3/b13-7-/t17-/m1/s1. The molecule has 2 rings (SSSR count). The van der Waals surface area contributed by atoms with E-state index in [9.17, 15) is 4.21 Å². The summed E-state index contributed by atoms with van der Waals surface area (Å²) in [6.07, 6.45) is 6.67. The van der Waals surface area contributed by atoms with E-state index >= 15 is 0 Å². The van der Waals surface area contributed by atoms with Crippen LogP contribution in [-0.2, 0) is 11.0 Å². The Balaban J connectivity index is 2.24. The molecule has 0 aliphatic heterocycles. The first-order chi connectivity index (χ1) is 7.97. The van der Waals surface area contributed by atoms with Gasteiger partial charge in [-0.1, -0.05) is 0 Å². The largest absolute Gasteiger partial charge is 0.261 e. The average molecular weight is 250 g/mol. The number of hydrogen-bond acceptors (Lipinski definition) is 3. The van der Waals surface area contributed by atoms with Crippen LogP contribution in [0.5, 0.6) is 0 Å². The van der Waals surface area contributed by atoms with Crippen molar-refractivity contribution < 1.29 is 4.21 Å². The molecule has 0 spiro atoms. The van der Waals surface area contributed by atoms with Crippen LogP contribution >= 0.6 is 0 Å². The summed E-state index contributed by atoms with van der Waals surface area (Å²) in [4.78, 5) is 4.00. The zero-order chi connectivity index (χ0) is 12.5. The molecule has 90 valence electrons. The van der Waals surface area contributed by atoms with Gasteiger partial charge < -0.3 is 0 Å². The van der Waals surface area contributed by atoms with Gasteiger partial charge in [0, 0.05) is 12.4 Å². The van der Waals surface area contributed by atoms with Crippen molar-refractivity contribution in [2.24, 2.45) is 4.40 Å². The third-order valence-corrected chi connectivity index (χ3v) is 3.43. The molecule has 2 aromatic rings. The predicted octanol–water partition coefficient (Wildman–Crippen LogP) is 1.61. The minimum Gasteiger partial charge on any atom is -0.261 e. The minimum absolute atomic E-state index is 0.350. The number of fused-ring (bicyclic) bond motifs is 1. The topological polar surface area (TPSA) is 59.6 Å². The highest BCUT2D eigenvalue weighted by molar-refractivity contribution is 7.85. The molecule has 17 heavy (non-hydrogen) atoms. The quantitative estimate of drug-likeness (QED) is 0.761. The van der Waals surface area contributed by atoms with Gasteiger partial charge >= 0.3 is 0 Å². The van der Waals surface area contributed by atoms with Gasteiger partial charge in [0.2, 0.25) is 0 Å². The maximum Gasteiger partial charge on any atom is 0.144 e. The van der Waals surface area contributed by atoms with Crippen molar-refractivity contribution in [1.82, 2.24) is 14.6 Å². The summed E-state index contributed by atoms with van der Waals surface area (Å²) in [5.74, 6) is 0. The van der Waals surface area contributed by atoms with Crippen LogP contribution in [0.15, 0.2) is 29.1 Å². The van der Waals surface area contributed by atoms with Crippen LogP contribution in [0.4, 0.5) is 0 Å². The summed E-state index contributed by atoms with van der Waals surface area (Å²) >= 11 is 0. The summed E-state index contributed by atoms with van der Waals surface area (Å²) in [7, 11) is -1.25. The van der Waals surface area contributed by atoms with E-state index in [1.165, 1.54) is 6.21 Å². The average Bonchev–Trinajstić information content (AvgIpc) is 2.66. The Labute approximate surface area is 102 Å². The molecule has 0 radical (unpaired) electrons. The van der Waals surface area contributed by atoms with Crippen LogP contribution < -0.4 is 0 Å². The lowest BCUT2D eigenvalue weighted by Crippen LogP contribution is -2.19. The van der Waals surface area contributed by atoms with Gasteiger partial charge in [-0.15, -0.1) is 0 Å². The van der Waals surface area contributed by atoms with Crippen molar-refractivity contribution in [2.75, 3.05) is 0 Å². The van der Waals surface area contributed by atoms with Crippen molar-refractivity contribution in [2.45, 2.75) is 25.5 Å². The highest BCUT2D eigenvalue weighted by atomic mass is 32.2. The van der Waals surface area contributed by atoms with E-state index in [-0.39, 0.29) is 4.75 Å². The fourth-order valence-electron chi connectivity index (χ4n) is 1.19. The normalized spacial score (nSPS) is 14.5. The second-order valence-electron chi connectivity index (χ2n) is 4.61. The summed E-state index contributed by atoms with van der Waals surface area (Å²) in [6, 6.07) is 1.84. The third kappa shape index (κ3) is 2.76. The Bertz CT molecular complexity index is 549. The molecular formula is C11H14N4OS. The fourth-order valence-corrected chi connectivity index (χ4v) is 1.71. The maximum atomic E-state index is 11.7. The Morgan fingerprint density at radius 1 is 1.47 bits per heavy atom. The van der Waals surface area contributed by atoms with Gasteiger partial charge in [0.1, 0.15) is 16.7 Å². The lowest BCUT2D eigenvalue weighted by Gasteiger charge is -2.12. The van der Waals surface area contributed by atoms with Crippen LogP contribution in [0.2, 0.25) is 0 Å². The highest BCUT2D eigenvalue weighted by Gasteiger charge is 2.18. The summed E-state index contributed by atoms with van der Waals surface area (Å²) < 4.78 is 17.1. The molecule has 0 amide bonds. The van der Waals surface area contributed by atoms with Gasteiger partial charge in [-0.2, -0.15) is 9.50 Å². The van der Waals surface area contributed by atoms with Crippen LogP contribution in [0.1, 0.15) is 26.5 Å². The molecule has 6 heteroatoms. The molecule has 1 atom stereocenters. The Kier molecular flexibility index (Phi) is 3.06. The van der Waals surface area contributed by atoms with Crippen molar-refractivity contribution in [3.05, 3.63) is 30.4 Å². The number of rotatable bonds is 2. The number of hydrogen-bond donors (Lipinski definition) is 0. The van der Waals surface area contributed by atoms with Gasteiger partial charge in [-0.05, 0) is 26.8 Å². The van der Waals surface area contributed by atoms with Crippen molar-refractivity contribution in [3.8, 4) is 0 Å². The molecule has 0 aromatic carbocycles. The summed E-state index contributed by atoms with van der Waals surface area (Å²) in [5, 5.41) is 4.26. The van der Waals surface area contributed by atoms with E-state index in [0.717, 1.165) is 5.52 Å². The SMILES string of the molecule is CC(C)(C)[S@@](=O)/N=C\c1cc2cnccn2n1. The lowest BCUT2D eigenvalue weighted by atomic mass is 10.3. The summed E-state index contributed by atoms with van der Waals surface area (Å²) in [5.41, 5.74) is 1.56. The van der Waals surface area contributed by atoms with E-state index < -0.39 is 11.0 Å².